The summed E-state index contributed by atoms with van der Waals surface area (Å²) in [6, 6.07) is 10.7. The number of ether oxygens (including phenoxy) is 1. The molecule has 3 aliphatic rings. The van der Waals surface area contributed by atoms with Crippen molar-refractivity contribution < 1.29 is 9.22 Å². The number of benzene rings is 1. The molecule has 0 bridgehead atoms. The van der Waals surface area contributed by atoms with Crippen molar-refractivity contribution in [1.82, 2.24) is 0 Å². The van der Waals surface area contributed by atoms with E-state index < -0.39 is 0 Å². The molecule has 0 unspecified atom stereocenters. The van der Waals surface area contributed by atoms with Crippen molar-refractivity contribution in [2.45, 2.75) is 77.5 Å². The Hall–Kier alpha value is -0.860. The maximum Gasteiger partial charge on any atom is 0.116 e. The smallest absolute Gasteiger partial charge is 0.116 e. The number of hydrogen-bond acceptors (Lipinski definition) is 1. The zero-order valence-corrected chi connectivity index (χ0v) is 17.1. The molecule has 0 spiro atoms. The van der Waals surface area contributed by atoms with Crippen molar-refractivity contribution >= 4 is 0 Å². The topological polar surface area (TPSA) is 9.23 Å². The molecule has 1 saturated carbocycles. The van der Waals surface area contributed by atoms with Crippen molar-refractivity contribution in [2.24, 2.45) is 17.8 Å². The molecule has 0 aromatic heterocycles. The molecule has 26 heavy (non-hydrogen) atoms. The van der Waals surface area contributed by atoms with E-state index in [0.717, 1.165) is 24.4 Å². The van der Waals surface area contributed by atoms with Gasteiger partial charge in [-0.25, -0.2) is 0 Å². The second-order valence-corrected chi connectivity index (χ2v) is 9.62. The average Bonchev–Trinajstić information content (AvgIpc) is 3.19. The highest BCUT2D eigenvalue weighted by molar-refractivity contribution is 5.14. The second-order valence-electron chi connectivity index (χ2n) is 9.62. The maximum atomic E-state index is 6.59. The molecule has 2 heterocycles. The van der Waals surface area contributed by atoms with Crippen LogP contribution in [0.1, 0.15) is 64.9 Å². The molecule has 2 aliphatic heterocycles. The van der Waals surface area contributed by atoms with Crippen LogP contribution in [0.2, 0.25) is 0 Å². The van der Waals surface area contributed by atoms with Crippen LogP contribution < -0.4 is 0 Å². The first-order valence-corrected chi connectivity index (χ1v) is 11.1. The third kappa shape index (κ3) is 2.85. The Balaban J connectivity index is 1.49. The molecule has 1 aromatic carbocycles. The van der Waals surface area contributed by atoms with Gasteiger partial charge in [0.1, 0.15) is 18.2 Å². The van der Waals surface area contributed by atoms with Crippen molar-refractivity contribution in [1.29, 1.82) is 0 Å². The van der Waals surface area contributed by atoms with E-state index >= 15 is 0 Å². The number of hydrogen-bond donors (Lipinski definition) is 0. The number of unbranched alkanes of at least 4 members (excludes halogenated alkanes) is 3. The van der Waals surface area contributed by atoms with Gasteiger partial charge < -0.3 is 9.22 Å². The van der Waals surface area contributed by atoms with Crippen LogP contribution in [-0.2, 0) is 11.3 Å². The van der Waals surface area contributed by atoms with E-state index in [1.54, 1.807) is 0 Å². The fourth-order valence-corrected chi connectivity index (χ4v) is 7.17. The molecule has 6 atom stereocenters. The molecule has 1 aromatic rings. The minimum Gasteiger partial charge on any atom is -0.367 e. The Morgan fingerprint density at radius 2 is 1.81 bits per heavy atom. The van der Waals surface area contributed by atoms with Crippen LogP contribution >= 0.6 is 0 Å². The highest BCUT2D eigenvalue weighted by Crippen LogP contribution is 2.62. The Morgan fingerprint density at radius 3 is 2.58 bits per heavy atom. The van der Waals surface area contributed by atoms with Crippen molar-refractivity contribution in [2.75, 3.05) is 19.6 Å². The lowest BCUT2D eigenvalue weighted by Gasteiger charge is -2.43. The summed E-state index contributed by atoms with van der Waals surface area (Å²) < 4.78 is 7.96. The largest absolute Gasteiger partial charge is 0.367 e. The molecule has 1 aliphatic carbocycles. The first kappa shape index (κ1) is 18.5. The summed E-state index contributed by atoms with van der Waals surface area (Å²) in [5.74, 6) is 2.59. The van der Waals surface area contributed by atoms with E-state index in [-0.39, 0.29) is 0 Å². The molecule has 2 heteroatoms. The van der Waals surface area contributed by atoms with Crippen LogP contribution in [0, 0.1) is 17.8 Å². The Labute approximate surface area is 160 Å². The summed E-state index contributed by atoms with van der Waals surface area (Å²) in [6.45, 7) is 12.3. The van der Waals surface area contributed by atoms with Crippen molar-refractivity contribution in [3.8, 4) is 0 Å². The van der Waals surface area contributed by atoms with E-state index in [4.69, 9.17) is 4.74 Å². The Bertz CT molecular complexity index is 601. The predicted octanol–water partition coefficient (Wildman–Crippen LogP) is 5.42. The van der Waals surface area contributed by atoms with Gasteiger partial charge in [0.2, 0.25) is 0 Å². The Kier molecular flexibility index (Phi) is 5.18. The monoisotopic (exact) mass is 356 g/mol. The summed E-state index contributed by atoms with van der Waals surface area (Å²) in [5, 5.41) is 0. The fourth-order valence-electron chi connectivity index (χ4n) is 7.17. The van der Waals surface area contributed by atoms with Crippen LogP contribution in [0.4, 0.5) is 0 Å². The molecule has 3 fully saturated rings. The minimum atomic E-state index is 0.462. The van der Waals surface area contributed by atoms with Gasteiger partial charge in [-0.2, -0.15) is 0 Å². The van der Waals surface area contributed by atoms with E-state index in [1.165, 1.54) is 68.2 Å². The van der Waals surface area contributed by atoms with Crippen LogP contribution in [-0.4, -0.2) is 35.8 Å². The molecule has 2 saturated heterocycles. The first-order chi connectivity index (χ1) is 12.6. The Morgan fingerprint density at radius 1 is 1.04 bits per heavy atom. The predicted molar refractivity (Wildman–Crippen MR) is 108 cm³/mol. The van der Waals surface area contributed by atoms with E-state index in [1.807, 2.05) is 0 Å². The van der Waals surface area contributed by atoms with E-state index in [9.17, 15) is 0 Å². The van der Waals surface area contributed by atoms with Gasteiger partial charge >= 0.3 is 0 Å². The molecular formula is C24H38NO+. The van der Waals surface area contributed by atoms with Gasteiger partial charge in [-0.1, -0.05) is 57.0 Å². The molecule has 4 rings (SSSR count). The molecule has 2 nitrogen and oxygen atoms in total. The minimum absolute atomic E-state index is 0.462. The zero-order chi connectivity index (χ0) is 18.2. The van der Waals surface area contributed by atoms with Gasteiger partial charge in [-0.05, 0) is 38.2 Å². The van der Waals surface area contributed by atoms with Crippen LogP contribution in [0.5, 0.6) is 0 Å². The summed E-state index contributed by atoms with van der Waals surface area (Å²) in [7, 11) is 0. The van der Waals surface area contributed by atoms with E-state index in [0.29, 0.717) is 11.6 Å². The SMILES string of the molecule is CCCCCC[N@+]12C[C@@H](C)[C@@H]3CC[C@H]([C@@H](OCc4ccccc4)C1)[C@@]32C. The molecule has 144 valence electrons. The molecule has 0 N–H and O–H groups in total. The van der Waals surface area contributed by atoms with Gasteiger partial charge in [0.25, 0.3) is 0 Å². The summed E-state index contributed by atoms with van der Waals surface area (Å²) >= 11 is 0. The lowest BCUT2D eigenvalue weighted by Crippen LogP contribution is -2.58. The fraction of sp³-hybridized carbons (Fsp3) is 0.750. The third-order valence-corrected chi connectivity index (χ3v) is 8.36. The number of nitrogens with zero attached hydrogens (tertiary/aromatic N) is 1. The third-order valence-electron chi connectivity index (χ3n) is 8.36. The first-order valence-electron chi connectivity index (χ1n) is 11.1. The van der Waals surface area contributed by atoms with Crippen LogP contribution in [0.25, 0.3) is 0 Å². The second kappa shape index (κ2) is 7.28. The lowest BCUT2D eigenvalue weighted by atomic mass is 9.80. The van der Waals surface area contributed by atoms with Gasteiger partial charge in [-0.15, -0.1) is 0 Å². The number of rotatable bonds is 8. The normalized spacial score (nSPS) is 40.9. The average molecular weight is 357 g/mol. The van der Waals surface area contributed by atoms with Gasteiger partial charge in [0, 0.05) is 17.8 Å². The quantitative estimate of drug-likeness (QED) is 0.446. The highest BCUT2D eigenvalue weighted by atomic mass is 16.5. The summed E-state index contributed by atoms with van der Waals surface area (Å²) in [5.41, 5.74) is 1.80. The molecule has 0 radical (unpaired) electrons. The number of quaternary nitrogens is 1. The highest BCUT2D eigenvalue weighted by Gasteiger charge is 2.72. The van der Waals surface area contributed by atoms with Crippen LogP contribution in [0.3, 0.4) is 0 Å². The summed E-state index contributed by atoms with van der Waals surface area (Å²) in [4.78, 5) is 0. The van der Waals surface area contributed by atoms with Crippen molar-refractivity contribution in [3.05, 3.63) is 35.9 Å². The van der Waals surface area contributed by atoms with Crippen molar-refractivity contribution in [3.63, 3.8) is 0 Å². The zero-order valence-electron chi connectivity index (χ0n) is 17.1. The maximum absolute atomic E-state index is 6.59. The van der Waals surface area contributed by atoms with Gasteiger partial charge in [-0.3, -0.25) is 0 Å². The summed E-state index contributed by atoms with van der Waals surface area (Å²) in [6.07, 6.45) is 8.83. The van der Waals surface area contributed by atoms with Gasteiger partial charge in [0.15, 0.2) is 0 Å². The van der Waals surface area contributed by atoms with Gasteiger partial charge in [0.05, 0.1) is 19.7 Å². The molecular weight excluding hydrogens is 318 g/mol. The van der Waals surface area contributed by atoms with Crippen LogP contribution in [0.15, 0.2) is 30.3 Å². The lowest BCUT2D eigenvalue weighted by molar-refractivity contribution is -0.954. The van der Waals surface area contributed by atoms with E-state index in [2.05, 4.69) is 51.1 Å². The standard InChI is InChI=1S/C24H38NO/c1-4-5-6-10-15-25-16-19(2)21-13-14-22(24(21,25)3)23(17-25)26-18-20-11-8-7-9-12-20/h7-9,11-12,19,21-23H,4-6,10,13-18H2,1-3H3/q+1/t19-,21+,22-,23+,24-,25+/m1/s1. The molecule has 0 amide bonds.